The molecule has 0 bridgehead atoms. The van der Waals surface area contributed by atoms with Gasteiger partial charge in [-0.25, -0.2) is 0 Å². The van der Waals surface area contributed by atoms with E-state index in [0.29, 0.717) is 32.4 Å². The summed E-state index contributed by atoms with van der Waals surface area (Å²) in [6, 6.07) is 10.1. The maximum absolute atomic E-state index is 12.5. The fourth-order valence-corrected chi connectivity index (χ4v) is 3.02. The Morgan fingerprint density at radius 2 is 1.86 bits per heavy atom. The number of hydrogen-bond acceptors (Lipinski definition) is 2. The molecular formula is C17H23NO3. The summed E-state index contributed by atoms with van der Waals surface area (Å²) in [6.45, 7) is 3.36. The highest BCUT2D eigenvalue weighted by Crippen LogP contribution is 2.32. The molecule has 0 aromatic heterocycles. The van der Waals surface area contributed by atoms with Crippen LogP contribution in [0.1, 0.15) is 31.7 Å². The Kier molecular flexibility index (Phi) is 5.37. The molecular weight excluding hydrogens is 266 g/mol. The summed E-state index contributed by atoms with van der Waals surface area (Å²) < 4.78 is 0. The fraction of sp³-hybridized carbons (Fsp3) is 0.529. The van der Waals surface area contributed by atoms with E-state index in [1.165, 1.54) is 5.56 Å². The average Bonchev–Trinajstić information content (AvgIpc) is 2.99. The zero-order chi connectivity index (χ0) is 15.2. The SMILES string of the molecule is CCN(CCc1ccccc1)C(=O)[C@@H]1CC[C@H](C(=O)O)C1. The predicted octanol–water partition coefficient (Wildman–Crippen LogP) is 2.58. The lowest BCUT2D eigenvalue weighted by molar-refractivity contribution is -0.141. The van der Waals surface area contributed by atoms with E-state index in [0.717, 1.165) is 6.42 Å². The van der Waals surface area contributed by atoms with E-state index >= 15 is 0 Å². The van der Waals surface area contributed by atoms with Crippen molar-refractivity contribution in [2.24, 2.45) is 11.8 Å². The molecule has 114 valence electrons. The number of carbonyl (C=O) groups is 2. The van der Waals surface area contributed by atoms with E-state index < -0.39 is 5.97 Å². The minimum absolute atomic E-state index is 0.109. The highest BCUT2D eigenvalue weighted by Gasteiger charge is 2.35. The molecule has 4 heteroatoms. The number of benzene rings is 1. The van der Waals surface area contributed by atoms with Crippen LogP contribution in [0, 0.1) is 11.8 Å². The molecule has 1 saturated carbocycles. The van der Waals surface area contributed by atoms with Crippen LogP contribution in [0.3, 0.4) is 0 Å². The van der Waals surface area contributed by atoms with Crippen LogP contribution in [0.5, 0.6) is 0 Å². The zero-order valence-electron chi connectivity index (χ0n) is 12.5. The van der Waals surface area contributed by atoms with E-state index in [4.69, 9.17) is 5.11 Å². The summed E-state index contributed by atoms with van der Waals surface area (Å²) in [6.07, 6.45) is 2.67. The van der Waals surface area contributed by atoms with Gasteiger partial charge in [0.25, 0.3) is 0 Å². The van der Waals surface area contributed by atoms with Gasteiger partial charge in [0.2, 0.25) is 5.91 Å². The normalized spacial score (nSPS) is 21.2. The summed E-state index contributed by atoms with van der Waals surface area (Å²) in [5.41, 5.74) is 1.22. The molecule has 0 spiro atoms. The Bertz CT molecular complexity index is 486. The Morgan fingerprint density at radius 1 is 1.19 bits per heavy atom. The number of nitrogens with zero attached hydrogens (tertiary/aromatic N) is 1. The molecule has 0 saturated heterocycles. The molecule has 1 fully saturated rings. The number of carboxylic acid groups (broad SMARTS) is 1. The van der Waals surface area contributed by atoms with Crippen LogP contribution in [-0.2, 0) is 16.0 Å². The maximum Gasteiger partial charge on any atom is 0.306 e. The third kappa shape index (κ3) is 4.06. The summed E-state index contributed by atoms with van der Waals surface area (Å²) >= 11 is 0. The van der Waals surface area contributed by atoms with Crippen LogP contribution in [0.4, 0.5) is 0 Å². The van der Waals surface area contributed by atoms with Gasteiger partial charge in [0.1, 0.15) is 0 Å². The quantitative estimate of drug-likeness (QED) is 0.875. The van der Waals surface area contributed by atoms with Crippen molar-refractivity contribution >= 4 is 11.9 Å². The van der Waals surface area contributed by atoms with Gasteiger partial charge in [0, 0.05) is 19.0 Å². The third-order valence-electron chi connectivity index (χ3n) is 4.34. The fourth-order valence-electron chi connectivity index (χ4n) is 3.02. The highest BCUT2D eigenvalue weighted by atomic mass is 16.4. The minimum Gasteiger partial charge on any atom is -0.481 e. The summed E-state index contributed by atoms with van der Waals surface area (Å²) in [4.78, 5) is 25.4. The van der Waals surface area contributed by atoms with E-state index in [1.807, 2.05) is 30.0 Å². The molecule has 1 aliphatic rings. The number of likely N-dealkylation sites (N-methyl/N-ethyl adjacent to an activating group) is 1. The highest BCUT2D eigenvalue weighted by molar-refractivity contribution is 5.81. The molecule has 0 heterocycles. The Balaban J connectivity index is 1.89. The van der Waals surface area contributed by atoms with E-state index in [2.05, 4.69) is 12.1 Å². The van der Waals surface area contributed by atoms with Crippen LogP contribution in [0.2, 0.25) is 0 Å². The van der Waals surface area contributed by atoms with Gasteiger partial charge in [-0.15, -0.1) is 0 Å². The summed E-state index contributed by atoms with van der Waals surface area (Å²) in [7, 11) is 0. The van der Waals surface area contributed by atoms with Gasteiger partial charge in [-0.2, -0.15) is 0 Å². The number of hydrogen-bond donors (Lipinski definition) is 1. The lowest BCUT2D eigenvalue weighted by Gasteiger charge is -2.24. The molecule has 4 nitrogen and oxygen atoms in total. The first kappa shape index (κ1) is 15.5. The lowest BCUT2D eigenvalue weighted by atomic mass is 10.0. The molecule has 1 aliphatic carbocycles. The van der Waals surface area contributed by atoms with Crippen molar-refractivity contribution in [1.82, 2.24) is 4.90 Å². The first-order chi connectivity index (χ1) is 10.1. The van der Waals surface area contributed by atoms with Gasteiger partial charge in [0.15, 0.2) is 0 Å². The van der Waals surface area contributed by atoms with E-state index in [9.17, 15) is 9.59 Å². The predicted molar refractivity (Wildman–Crippen MR) is 80.9 cm³/mol. The van der Waals surface area contributed by atoms with Crippen LogP contribution < -0.4 is 0 Å². The molecule has 0 radical (unpaired) electrons. The second-order valence-corrected chi connectivity index (χ2v) is 5.70. The Morgan fingerprint density at radius 3 is 2.43 bits per heavy atom. The Labute approximate surface area is 125 Å². The number of aliphatic carboxylic acids is 1. The van der Waals surface area contributed by atoms with Crippen molar-refractivity contribution in [3.8, 4) is 0 Å². The minimum atomic E-state index is -0.766. The van der Waals surface area contributed by atoms with Gasteiger partial charge in [-0.05, 0) is 38.2 Å². The molecule has 0 unspecified atom stereocenters. The van der Waals surface area contributed by atoms with Crippen molar-refractivity contribution in [3.63, 3.8) is 0 Å². The number of rotatable bonds is 6. The van der Waals surface area contributed by atoms with Crippen LogP contribution >= 0.6 is 0 Å². The standard InChI is InChI=1S/C17H23NO3/c1-2-18(11-10-13-6-4-3-5-7-13)16(19)14-8-9-15(12-14)17(20)21/h3-7,14-15H,2,8-12H2,1H3,(H,20,21)/t14-,15+/m1/s1. The number of carbonyl (C=O) groups excluding carboxylic acids is 1. The van der Waals surface area contributed by atoms with Crippen molar-refractivity contribution in [2.75, 3.05) is 13.1 Å². The topological polar surface area (TPSA) is 57.6 Å². The molecule has 1 aromatic rings. The molecule has 1 aromatic carbocycles. The van der Waals surface area contributed by atoms with Gasteiger partial charge < -0.3 is 10.0 Å². The number of carboxylic acids is 1. The summed E-state index contributed by atoms with van der Waals surface area (Å²) in [5, 5.41) is 9.04. The second kappa shape index (κ2) is 7.25. The monoisotopic (exact) mass is 289 g/mol. The van der Waals surface area contributed by atoms with E-state index in [1.54, 1.807) is 0 Å². The van der Waals surface area contributed by atoms with Crippen LogP contribution in [0.15, 0.2) is 30.3 Å². The Hall–Kier alpha value is -1.84. The van der Waals surface area contributed by atoms with Crippen molar-refractivity contribution in [1.29, 1.82) is 0 Å². The second-order valence-electron chi connectivity index (χ2n) is 5.70. The average molecular weight is 289 g/mol. The molecule has 0 aliphatic heterocycles. The smallest absolute Gasteiger partial charge is 0.306 e. The van der Waals surface area contributed by atoms with Gasteiger partial charge in [0.05, 0.1) is 5.92 Å². The van der Waals surface area contributed by atoms with Crippen molar-refractivity contribution < 1.29 is 14.7 Å². The molecule has 1 N–H and O–H groups in total. The molecule has 2 rings (SSSR count). The van der Waals surface area contributed by atoms with Gasteiger partial charge >= 0.3 is 5.97 Å². The van der Waals surface area contributed by atoms with Crippen molar-refractivity contribution in [2.45, 2.75) is 32.6 Å². The van der Waals surface area contributed by atoms with Gasteiger partial charge in [-0.3, -0.25) is 9.59 Å². The molecule has 21 heavy (non-hydrogen) atoms. The maximum atomic E-state index is 12.5. The van der Waals surface area contributed by atoms with E-state index in [-0.39, 0.29) is 17.7 Å². The summed E-state index contributed by atoms with van der Waals surface area (Å²) in [5.74, 6) is -1.09. The van der Waals surface area contributed by atoms with Crippen LogP contribution in [0.25, 0.3) is 0 Å². The first-order valence-electron chi connectivity index (χ1n) is 7.67. The van der Waals surface area contributed by atoms with Crippen molar-refractivity contribution in [3.05, 3.63) is 35.9 Å². The van der Waals surface area contributed by atoms with Crippen LogP contribution in [-0.4, -0.2) is 35.0 Å². The molecule has 1 amide bonds. The zero-order valence-corrected chi connectivity index (χ0v) is 12.5. The first-order valence-corrected chi connectivity index (χ1v) is 7.67. The lowest BCUT2D eigenvalue weighted by Crippen LogP contribution is -2.37. The largest absolute Gasteiger partial charge is 0.481 e. The number of amides is 1. The third-order valence-corrected chi connectivity index (χ3v) is 4.34. The molecule has 2 atom stereocenters. The van der Waals surface area contributed by atoms with Gasteiger partial charge in [-0.1, -0.05) is 30.3 Å².